The quantitative estimate of drug-likeness (QED) is 0.746. The van der Waals surface area contributed by atoms with Crippen molar-refractivity contribution in [2.75, 3.05) is 13.1 Å². The van der Waals surface area contributed by atoms with E-state index in [1.54, 1.807) is 12.1 Å². The normalized spacial score (nSPS) is 9.74. The van der Waals surface area contributed by atoms with Gasteiger partial charge in [-0.3, -0.25) is 0 Å². The first kappa shape index (κ1) is 15.0. The predicted molar refractivity (Wildman–Crippen MR) is 73.5 cm³/mol. The molecule has 3 N–H and O–H groups in total. The van der Waals surface area contributed by atoms with Crippen LogP contribution < -0.4 is 10.6 Å². The molecule has 1 aromatic carbocycles. The van der Waals surface area contributed by atoms with Crippen molar-refractivity contribution in [1.29, 1.82) is 0 Å². The lowest BCUT2D eigenvalue weighted by Gasteiger charge is -2.07. The summed E-state index contributed by atoms with van der Waals surface area (Å²) in [6.45, 7) is 4.13. The molecule has 5 nitrogen and oxygen atoms in total. The lowest BCUT2D eigenvalue weighted by Crippen LogP contribution is -2.37. The molecular weight excluding hydrogens is 268 g/mol. The summed E-state index contributed by atoms with van der Waals surface area (Å²) < 4.78 is 0. The first-order chi connectivity index (χ1) is 8.99. The van der Waals surface area contributed by atoms with Gasteiger partial charge in [0.2, 0.25) is 0 Å². The number of carbonyl (C=O) groups is 2. The average molecular weight is 283 g/mol. The number of urea groups is 1. The Morgan fingerprint density at radius 1 is 1.21 bits per heavy atom. The molecule has 0 heterocycles. The van der Waals surface area contributed by atoms with Crippen LogP contribution in [0.15, 0.2) is 35.9 Å². The molecule has 0 unspecified atom stereocenters. The van der Waals surface area contributed by atoms with Gasteiger partial charge < -0.3 is 15.7 Å². The van der Waals surface area contributed by atoms with Gasteiger partial charge >= 0.3 is 12.0 Å². The van der Waals surface area contributed by atoms with E-state index in [0.29, 0.717) is 18.0 Å². The Morgan fingerprint density at radius 3 is 2.37 bits per heavy atom. The number of carbonyl (C=O) groups excluding carboxylic acids is 1. The summed E-state index contributed by atoms with van der Waals surface area (Å²) in [5.41, 5.74) is 1.20. The Kier molecular flexibility index (Phi) is 5.89. The fourth-order valence-corrected chi connectivity index (χ4v) is 1.44. The van der Waals surface area contributed by atoms with Crippen molar-refractivity contribution in [3.05, 3.63) is 47.0 Å². The van der Waals surface area contributed by atoms with Crippen LogP contribution in [0.5, 0.6) is 0 Å². The smallest absolute Gasteiger partial charge is 0.335 e. The number of aromatic carboxylic acids is 1. The maximum Gasteiger partial charge on any atom is 0.335 e. The molecule has 1 rings (SSSR count). The first-order valence-corrected chi connectivity index (χ1v) is 6.04. The zero-order chi connectivity index (χ0) is 14.3. The fourth-order valence-electron chi connectivity index (χ4n) is 1.37. The van der Waals surface area contributed by atoms with E-state index in [1.807, 2.05) is 0 Å². The molecule has 19 heavy (non-hydrogen) atoms. The molecule has 102 valence electrons. The molecular formula is C13H15ClN2O3. The second-order valence-electron chi connectivity index (χ2n) is 3.88. The van der Waals surface area contributed by atoms with Crippen molar-refractivity contribution >= 4 is 23.6 Å². The third-order valence-electron chi connectivity index (χ3n) is 2.34. The van der Waals surface area contributed by atoms with Gasteiger partial charge in [0.05, 0.1) is 12.1 Å². The van der Waals surface area contributed by atoms with E-state index in [-0.39, 0.29) is 18.1 Å². The van der Waals surface area contributed by atoms with Crippen molar-refractivity contribution in [2.45, 2.75) is 6.42 Å². The minimum absolute atomic E-state index is 0.223. The molecule has 2 amide bonds. The molecule has 0 aliphatic heterocycles. The van der Waals surface area contributed by atoms with Crippen LogP contribution >= 0.6 is 11.6 Å². The highest BCUT2D eigenvalue weighted by molar-refractivity contribution is 6.29. The zero-order valence-corrected chi connectivity index (χ0v) is 11.0. The van der Waals surface area contributed by atoms with E-state index in [1.165, 1.54) is 12.1 Å². The minimum Gasteiger partial charge on any atom is -0.478 e. The molecule has 0 saturated heterocycles. The van der Waals surface area contributed by atoms with Crippen LogP contribution in [0.4, 0.5) is 4.79 Å². The van der Waals surface area contributed by atoms with Crippen LogP contribution in [0, 0.1) is 0 Å². The summed E-state index contributed by atoms with van der Waals surface area (Å²) >= 11 is 5.51. The number of amides is 2. The molecule has 0 fully saturated rings. The largest absolute Gasteiger partial charge is 0.478 e. The van der Waals surface area contributed by atoms with Gasteiger partial charge in [-0.1, -0.05) is 30.3 Å². The van der Waals surface area contributed by atoms with Crippen LogP contribution in [-0.4, -0.2) is 30.2 Å². The van der Waals surface area contributed by atoms with Crippen LogP contribution in [0.3, 0.4) is 0 Å². The first-order valence-electron chi connectivity index (χ1n) is 5.66. The van der Waals surface area contributed by atoms with Crippen LogP contribution in [0.1, 0.15) is 15.9 Å². The van der Waals surface area contributed by atoms with Crippen LogP contribution in [-0.2, 0) is 6.42 Å². The standard InChI is InChI=1S/C13H15ClN2O3/c1-9(14)8-16-13(19)15-7-6-10-2-4-11(5-3-10)12(17)18/h2-5H,1,6-8H2,(H,17,18)(H2,15,16,19). The summed E-state index contributed by atoms with van der Waals surface area (Å²) in [5, 5.41) is 14.3. The van der Waals surface area contributed by atoms with Gasteiger partial charge in [-0.2, -0.15) is 0 Å². The number of hydrogen-bond acceptors (Lipinski definition) is 2. The van der Waals surface area contributed by atoms with E-state index < -0.39 is 5.97 Å². The Labute approximate surface area is 116 Å². The number of hydrogen-bond donors (Lipinski definition) is 3. The summed E-state index contributed by atoms with van der Waals surface area (Å²) in [7, 11) is 0. The second kappa shape index (κ2) is 7.43. The Bertz CT molecular complexity index is 471. The average Bonchev–Trinajstić information content (AvgIpc) is 2.37. The molecule has 1 aromatic rings. The maximum atomic E-state index is 11.3. The molecule has 6 heteroatoms. The highest BCUT2D eigenvalue weighted by atomic mass is 35.5. The summed E-state index contributed by atoms with van der Waals surface area (Å²) in [5.74, 6) is -0.953. The van der Waals surface area contributed by atoms with E-state index >= 15 is 0 Å². The van der Waals surface area contributed by atoms with E-state index in [2.05, 4.69) is 17.2 Å². The minimum atomic E-state index is -0.953. The zero-order valence-electron chi connectivity index (χ0n) is 10.3. The van der Waals surface area contributed by atoms with Gasteiger partial charge in [0.15, 0.2) is 0 Å². The summed E-state index contributed by atoms with van der Waals surface area (Å²) in [4.78, 5) is 21.9. The van der Waals surface area contributed by atoms with Crippen molar-refractivity contribution in [2.24, 2.45) is 0 Å². The second-order valence-corrected chi connectivity index (χ2v) is 4.41. The lowest BCUT2D eigenvalue weighted by molar-refractivity contribution is 0.0697. The van der Waals surface area contributed by atoms with Gasteiger partial charge in [0.1, 0.15) is 0 Å². The fraction of sp³-hybridized carbons (Fsp3) is 0.231. The number of rotatable bonds is 6. The summed E-state index contributed by atoms with van der Waals surface area (Å²) in [6, 6.07) is 6.21. The van der Waals surface area contributed by atoms with Gasteiger partial charge in [-0.25, -0.2) is 9.59 Å². The van der Waals surface area contributed by atoms with Crippen molar-refractivity contribution in [3.63, 3.8) is 0 Å². The number of carboxylic acids is 1. The van der Waals surface area contributed by atoms with Gasteiger partial charge in [0, 0.05) is 11.6 Å². The molecule has 0 atom stereocenters. The van der Waals surface area contributed by atoms with Crippen LogP contribution in [0.25, 0.3) is 0 Å². The Balaban J connectivity index is 2.31. The SMILES string of the molecule is C=C(Cl)CNC(=O)NCCc1ccc(C(=O)O)cc1. The molecule has 0 aliphatic rings. The summed E-state index contributed by atoms with van der Waals surface area (Å²) in [6.07, 6.45) is 0.620. The molecule has 0 aromatic heterocycles. The highest BCUT2D eigenvalue weighted by Crippen LogP contribution is 2.04. The molecule has 0 saturated carbocycles. The van der Waals surface area contributed by atoms with E-state index in [0.717, 1.165) is 5.56 Å². The lowest BCUT2D eigenvalue weighted by atomic mass is 10.1. The highest BCUT2D eigenvalue weighted by Gasteiger charge is 2.02. The Morgan fingerprint density at radius 2 is 1.84 bits per heavy atom. The van der Waals surface area contributed by atoms with Gasteiger partial charge in [-0.05, 0) is 24.1 Å². The molecule has 0 bridgehead atoms. The molecule has 0 spiro atoms. The number of halogens is 1. The van der Waals surface area contributed by atoms with Gasteiger partial charge in [0.25, 0.3) is 0 Å². The number of nitrogens with one attached hydrogen (secondary N) is 2. The topological polar surface area (TPSA) is 78.4 Å². The number of carboxylic acid groups (broad SMARTS) is 1. The number of benzene rings is 1. The van der Waals surface area contributed by atoms with E-state index in [4.69, 9.17) is 16.7 Å². The van der Waals surface area contributed by atoms with Crippen molar-refractivity contribution < 1.29 is 14.7 Å². The Hall–Kier alpha value is -2.01. The van der Waals surface area contributed by atoms with Crippen molar-refractivity contribution in [3.8, 4) is 0 Å². The third-order valence-corrected chi connectivity index (χ3v) is 2.47. The van der Waals surface area contributed by atoms with Crippen molar-refractivity contribution in [1.82, 2.24) is 10.6 Å². The monoisotopic (exact) mass is 282 g/mol. The van der Waals surface area contributed by atoms with Crippen LogP contribution in [0.2, 0.25) is 0 Å². The van der Waals surface area contributed by atoms with E-state index in [9.17, 15) is 9.59 Å². The molecule has 0 radical (unpaired) electrons. The predicted octanol–water partition coefficient (Wildman–Crippen LogP) is 1.98. The maximum absolute atomic E-state index is 11.3. The third kappa shape index (κ3) is 5.92. The molecule has 0 aliphatic carbocycles. The van der Waals surface area contributed by atoms with Gasteiger partial charge in [-0.15, -0.1) is 0 Å².